The molecule has 0 radical (unpaired) electrons. The van der Waals surface area contributed by atoms with Crippen LogP contribution in [0.15, 0.2) is 39.3 Å². The Hall–Kier alpha value is -2.69. The molecular weight excluding hydrogens is 350 g/mol. The lowest BCUT2D eigenvalue weighted by atomic mass is 9.81. The number of hydrogen-bond acceptors (Lipinski definition) is 5. The van der Waals surface area contributed by atoms with Crippen molar-refractivity contribution in [2.24, 2.45) is 0 Å². The highest BCUT2D eigenvalue weighted by Gasteiger charge is 2.24. The van der Waals surface area contributed by atoms with E-state index in [4.69, 9.17) is 13.8 Å². The highest BCUT2D eigenvalue weighted by Crippen LogP contribution is 2.33. The Labute approximate surface area is 165 Å². The number of pyridine rings is 1. The van der Waals surface area contributed by atoms with E-state index >= 15 is 0 Å². The van der Waals surface area contributed by atoms with Gasteiger partial charge in [-0.2, -0.15) is 0 Å². The maximum Gasteiger partial charge on any atom is 0.228 e. The molecule has 5 nitrogen and oxygen atoms in total. The number of fused-ring (bicyclic) bond motifs is 2. The van der Waals surface area contributed by atoms with Crippen LogP contribution in [-0.2, 0) is 10.8 Å². The molecule has 146 valence electrons. The first-order valence-electron chi connectivity index (χ1n) is 9.92. The molecule has 0 atom stereocenters. The van der Waals surface area contributed by atoms with Gasteiger partial charge in [-0.05, 0) is 31.0 Å². The molecule has 0 bridgehead atoms. The lowest BCUT2D eigenvalue weighted by Crippen LogP contribution is -2.20. The predicted octanol–water partition coefficient (Wildman–Crippen LogP) is 6.41. The van der Waals surface area contributed by atoms with Crippen LogP contribution < -0.4 is 0 Å². The van der Waals surface area contributed by atoms with Gasteiger partial charge in [0.05, 0.1) is 5.56 Å². The number of rotatable bonds is 4. The summed E-state index contributed by atoms with van der Waals surface area (Å²) < 4.78 is 11.9. The van der Waals surface area contributed by atoms with E-state index in [-0.39, 0.29) is 10.8 Å². The zero-order valence-corrected chi connectivity index (χ0v) is 17.5. The summed E-state index contributed by atoms with van der Waals surface area (Å²) in [6, 6.07) is 7.91. The van der Waals surface area contributed by atoms with E-state index in [1.54, 1.807) is 0 Å². The monoisotopic (exact) mass is 377 g/mol. The summed E-state index contributed by atoms with van der Waals surface area (Å²) in [6.07, 6.45) is 3.96. The maximum atomic E-state index is 6.00. The summed E-state index contributed by atoms with van der Waals surface area (Å²) in [7, 11) is 0. The topological polar surface area (TPSA) is 65.0 Å². The fraction of sp³-hybridized carbons (Fsp3) is 0.435. The van der Waals surface area contributed by atoms with Gasteiger partial charge in [-0.3, -0.25) is 4.98 Å². The molecule has 0 N–H and O–H groups in total. The highest BCUT2D eigenvalue weighted by molar-refractivity contribution is 5.90. The molecule has 0 saturated carbocycles. The molecule has 28 heavy (non-hydrogen) atoms. The van der Waals surface area contributed by atoms with Crippen LogP contribution >= 0.6 is 0 Å². The number of nitrogens with zero attached hydrogens (tertiary/aromatic N) is 3. The standard InChI is InChI=1S/C23H27N3O2/c1-7-23(6,8-2)19-10-9-14(13-24-19)20-25-15-11-16-18(12-17(15)27-20)28-21(26-16)22(3,4)5/h9-13H,7-8H2,1-6H3. The van der Waals surface area contributed by atoms with E-state index < -0.39 is 0 Å². The Kier molecular flexibility index (Phi) is 4.29. The summed E-state index contributed by atoms with van der Waals surface area (Å²) in [5.74, 6) is 1.28. The fourth-order valence-electron chi connectivity index (χ4n) is 3.28. The smallest absolute Gasteiger partial charge is 0.228 e. The molecule has 3 heterocycles. The molecule has 0 aliphatic carbocycles. The van der Waals surface area contributed by atoms with Crippen molar-refractivity contribution in [3.8, 4) is 11.5 Å². The molecule has 4 aromatic rings. The first kappa shape index (κ1) is 18.7. The maximum absolute atomic E-state index is 6.00. The van der Waals surface area contributed by atoms with Gasteiger partial charge in [-0.25, -0.2) is 9.97 Å². The van der Waals surface area contributed by atoms with Gasteiger partial charge in [0, 0.05) is 28.8 Å². The molecule has 0 unspecified atom stereocenters. The summed E-state index contributed by atoms with van der Waals surface area (Å²) in [5.41, 5.74) is 4.91. The Morgan fingerprint density at radius 1 is 0.857 bits per heavy atom. The zero-order chi connectivity index (χ0) is 20.1. The van der Waals surface area contributed by atoms with Gasteiger partial charge in [0.2, 0.25) is 11.8 Å². The number of aromatic nitrogens is 3. The van der Waals surface area contributed by atoms with Crippen LogP contribution in [0, 0.1) is 0 Å². The molecule has 0 aliphatic heterocycles. The predicted molar refractivity (Wildman–Crippen MR) is 111 cm³/mol. The number of benzene rings is 1. The third-order valence-corrected chi connectivity index (χ3v) is 5.73. The third kappa shape index (κ3) is 3.09. The normalized spacial score (nSPS) is 12.9. The minimum absolute atomic E-state index is 0.0980. The Bertz CT molecular complexity index is 1080. The lowest BCUT2D eigenvalue weighted by Gasteiger charge is -2.25. The second-order valence-corrected chi connectivity index (χ2v) is 8.78. The van der Waals surface area contributed by atoms with E-state index in [2.05, 4.69) is 57.6 Å². The molecule has 0 amide bonds. The molecule has 0 spiro atoms. The molecule has 4 rings (SSSR count). The molecule has 0 fully saturated rings. The average Bonchev–Trinajstić information content (AvgIpc) is 3.28. The van der Waals surface area contributed by atoms with Crippen molar-refractivity contribution in [2.45, 2.75) is 65.2 Å². The van der Waals surface area contributed by atoms with Crippen molar-refractivity contribution < 1.29 is 8.83 Å². The summed E-state index contributed by atoms with van der Waals surface area (Å²) >= 11 is 0. The SMILES string of the molecule is CCC(C)(CC)c1ccc(-c2nc3cc4nc(C(C)(C)C)oc4cc3o2)cn1. The van der Waals surface area contributed by atoms with Crippen molar-refractivity contribution in [1.82, 2.24) is 15.0 Å². The van der Waals surface area contributed by atoms with Crippen LogP contribution in [0.3, 0.4) is 0 Å². The van der Waals surface area contributed by atoms with E-state index in [9.17, 15) is 0 Å². The van der Waals surface area contributed by atoms with Gasteiger partial charge in [0.25, 0.3) is 0 Å². The van der Waals surface area contributed by atoms with Gasteiger partial charge in [0.15, 0.2) is 11.2 Å². The second-order valence-electron chi connectivity index (χ2n) is 8.78. The van der Waals surface area contributed by atoms with Crippen LogP contribution in [-0.4, -0.2) is 15.0 Å². The van der Waals surface area contributed by atoms with Gasteiger partial charge >= 0.3 is 0 Å². The van der Waals surface area contributed by atoms with Crippen molar-refractivity contribution >= 4 is 22.2 Å². The number of hydrogen-bond donors (Lipinski definition) is 0. The summed E-state index contributed by atoms with van der Waals surface area (Å²) in [5, 5.41) is 0. The van der Waals surface area contributed by atoms with E-state index in [0.717, 1.165) is 40.7 Å². The minimum Gasteiger partial charge on any atom is -0.440 e. The molecule has 5 heteroatoms. The first-order valence-corrected chi connectivity index (χ1v) is 9.92. The van der Waals surface area contributed by atoms with Crippen LogP contribution in [0.4, 0.5) is 0 Å². The van der Waals surface area contributed by atoms with Gasteiger partial charge in [0.1, 0.15) is 11.0 Å². The van der Waals surface area contributed by atoms with E-state index in [1.807, 2.05) is 24.4 Å². The van der Waals surface area contributed by atoms with Crippen LogP contribution in [0.5, 0.6) is 0 Å². The zero-order valence-electron chi connectivity index (χ0n) is 17.5. The van der Waals surface area contributed by atoms with Crippen molar-refractivity contribution in [2.75, 3.05) is 0 Å². The quantitative estimate of drug-likeness (QED) is 0.411. The number of oxazole rings is 2. The van der Waals surface area contributed by atoms with Gasteiger partial charge in [-0.15, -0.1) is 0 Å². The summed E-state index contributed by atoms with van der Waals surface area (Å²) in [4.78, 5) is 14.0. The van der Waals surface area contributed by atoms with Crippen molar-refractivity contribution in [3.05, 3.63) is 42.0 Å². The molecule has 0 saturated heterocycles. The largest absolute Gasteiger partial charge is 0.440 e. The van der Waals surface area contributed by atoms with E-state index in [0.29, 0.717) is 17.4 Å². The average molecular weight is 377 g/mol. The molecule has 3 aromatic heterocycles. The van der Waals surface area contributed by atoms with Gasteiger partial charge < -0.3 is 8.83 Å². The third-order valence-electron chi connectivity index (χ3n) is 5.73. The Morgan fingerprint density at radius 2 is 1.54 bits per heavy atom. The van der Waals surface area contributed by atoms with Crippen LogP contribution in [0.1, 0.15) is 66.0 Å². The first-order chi connectivity index (χ1) is 13.2. The van der Waals surface area contributed by atoms with Crippen molar-refractivity contribution in [1.29, 1.82) is 0 Å². The Morgan fingerprint density at radius 3 is 2.14 bits per heavy atom. The second kappa shape index (κ2) is 6.43. The lowest BCUT2D eigenvalue weighted by molar-refractivity contribution is 0.411. The minimum atomic E-state index is -0.141. The van der Waals surface area contributed by atoms with Crippen molar-refractivity contribution in [3.63, 3.8) is 0 Å². The Balaban J connectivity index is 1.72. The summed E-state index contributed by atoms with van der Waals surface area (Å²) in [6.45, 7) is 12.9. The van der Waals surface area contributed by atoms with Crippen LogP contribution in [0.2, 0.25) is 0 Å². The highest BCUT2D eigenvalue weighted by atomic mass is 16.4. The molecule has 1 aromatic carbocycles. The molecular formula is C23H27N3O2. The van der Waals surface area contributed by atoms with Crippen LogP contribution in [0.25, 0.3) is 33.7 Å². The fourth-order valence-corrected chi connectivity index (χ4v) is 3.28. The van der Waals surface area contributed by atoms with E-state index in [1.165, 1.54) is 0 Å². The van der Waals surface area contributed by atoms with Gasteiger partial charge in [-0.1, -0.05) is 41.5 Å². The molecule has 0 aliphatic rings.